The lowest BCUT2D eigenvalue weighted by Crippen LogP contribution is -2.15. The first kappa shape index (κ1) is 31.8. The standard InChI is InChI=1S/C32H36O10/c1-4-7-8-11-20-14-23(16-25(35)27(20)30(37)38)42-32(40)29-19(10-6-3)13-22(17-26(29)36)41-31(39)28-18(9-5-2)12-21(33)15-24(28)34/h12-17,33-36H,4-11H2,1-3H3,(H,37,38). The van der Waals surface area contributed by atoms with Crippen molar-refractivity contribution in [1.82, 2.24) is 0 Å². The molecule has 0 saturated carbocycles. The van der Waals surface area contributed by atoms with Crippen molar-refractivity contribution in [1.29, 1.82) is 0 Å². The lowest BCUT2D eigenvalue weighted by Gasteiger charge is -2.16. The Bertz CT molecular complexity index is 1470. The van der Waals surface area contributed by atoms with Crippen LogP contribution in [0.3, 0.4) is 0 Å². The molecule has 0 fully saturated rings. The minimum atomic E-state index is -1.30. The van der Waals surface area contributed by atoms with E-state index in [1.54, 1.807) is 0 Å². The predicted octanol–water partition coefficient (Wildman–Crippen LogP) is 6.28. The number of hydrogen-bond acceptors (Lipinski definition) is 9. The fourth-order valence-electron chi connectivity index (χ4n) is 4.83. The van der Waals surface area contributed by atoms with Gasteiger partial charge in [-0.2, -0.15) is 0 Å². The van der Waals surface area contributed by atoms with Gasteiger partial charge in [0.25, 0.3) is 0 Å². The third-order valence-corrected chi connectivity index (χ3v) is 6.66. The normalized spacial score (nSPS) is 10.8. The molecule has 224 valence electrons. The topological polar surface area (TPSA) is 171 Å². The Hall–Kier alpha value is -4.73. The Balaban J connectivity index is 1.94. The van der Waals surface area contributed by atoms with Gasteiger partial charge < -0.3 is 35.0 Å². The van der Waals surface area contributed by atoms with Gasteiger partial charge in [-0.25, -0.2) is 14.4 Å². The van der Waals surface area contributed by atoms with Gasteiger partial charge >= 0.3 is 17.9 Å². The first-order valence-corrected chi connectivity index (χ1v) is 13.9. The third kappa shape index (κ3) is 7.51. The molecule has 0 aromatic heterocycles. The molecule has 0 spiro atoms. The summed E-state index contributed by atoms with van der Waals surface area (Å²) in [5, 5.41) is 50.9. The Morgan fingerprint density at radius 1 is 0.571 bits per heavy atom. The van der Waals surface area contributed by atoms with Gasteiger partial charge in [0, 0.05) is 18.2 Å². The monoisotopic (exact) mass is 580 g/mol. The molecule has 0 aliphatic heterocycles. The van der Waals surface area contributed by atoms with E-state index in [1.807, 2.05) is 20.8 Å². The number of carbonyl (C=O) groups excluding carboxylic acids is 2. The summed E-state index contributed by atoms with van der Waals surface area (Å²) >= 11 is 0. The average Bonchev–Trinajstić information content (AvgIpc) is 2.88. The van der Waals surface area contributed by atoms with E-state index in [0.29, 0.717) is 55.2 Å². The van der Waals surface area contributed by atoms with Crippen LogP contribution >= 0.6 is 0 Å². The number of aromatic carboxylic acids is 1. The summed E-state index contributed by atoms with van der Waals surface area (Å²) in [6, 6.07) is 7.32. The van der Waals surface area contributed by atoms with E-state index < -0.39 is 35.2 Å². The van der Waals surface area contributed by atoms with Crippen molar-refractivity contribution in [2.75, 3.05) is 0 Å². The van der Waals surface area contributed by atoms with Crippen LogP contribution in [0.15, 0.2) is 36.4 Å². The second-order valence-electron chi connectivity index (χ2n) is 9.99. The maximum atomic E-state index is 13.2. The number of carbonyl (C=O) groups is 3. The largest absolute Gasteiger partial charge is 0.508 e. The average molecular weight is 581 g/mol. The molecule has 0 heterocycles. The minimum Gasteiger partial charge on any atom is -0.508 e. The highest BCUT2D eigenvalue weighted by Gasteiger charge is 2.25. The molecule has 0 atom stereocenters. The van der Waals surface area contributed by atoms with Gasteiger partial charge in [-0.05, 0) is 60.6 Å². The summed E-state index contributed by atoms with van der Waals surface area (Å²) in [7, 11) is 0. The van der Waals surface area contributed by atoms with E-state index in [4.69, 9.17) is 9.47 Å². The van der Waals surface area contributed by atoms with Crippen LogP contribution < -0.4 is 9.47 Å². The highest BCUT2D eigenvalue weighted by atomic mass is 16.5. The third-order valence-electron chi connectivity index (χ3n) is 6.66. The SMILES string of the molecule is CCCCCc1cc(OC(=O)c2c(O)cc(OC(=O)c3c(O)cc(O)cc3CCC)cc2CCC)cc(O)c1C(=O)O. The number of carboxylic acid groups (broad SMARTS) is 1. The fraction of sp³-hybridized carbons (Fsp3) is 0.344. The van der Waals surface area contributed by atoms with Crippen molar-refractivity contribution in [3.8, 4) is 34.5 Å². The zero-order chi connectivity index (χ0) is 31.0. The molecule has 0 unspecified atom stereocenters. The van der Waals surface area contributed by atoms with Crippen molar-refractivity contribution in [2.24, 2.45) is 0 Å². The van der Waals surface area contributed by atoms with Crippen LogP contribution in [0.4, 0.5) is 0 Å². The maximum Gasteiger partial charge on any atom is 0.347 e. The second-order valence-corrected chi connectivity index (χ2v) is 9.99. The highest BCUT2D eigenvalue weighted by Crippen LogP contribution is 2.35. The van der Waals surface area contributed by atoms with Gasteiger partial charge in [0.1, 0.15) is 51.2 Å². The number of phenolic OH excluding ortho intramolecular Hbond substituents is 3. The Morgan fingerprint density at radius 2 is 1.02 bits per heavy atom. The van der Waals surface area contributed by atoms with Gasteiger partial charge in [0.2, 0.25) is 0 Å². The number of ether oxygens (including phenoxy) is 2. The Labute approximate surface area is 243 Å². The zero-order valence-electron chi connectivity index (χ0n) is 23.9. The quantitative estimate of drug-likeness (QED) is 0.0880. The van der Waals surface area contributed by atoms with Crippen molar-refractivity contribution >= 4 is 17.9 Å². The molecule has 3 rings (SSSR count). The summed E-state index contributed by atoms with van der Waals surface area (Å²) in [4.78, 5) is 38.0. The predicted molar refractivity (Wildman–Crippen MR) is 154 cm³/mol. The van der Waals surface area contributed by atoms with Gasteiger partial charge in [-0.3, -0.25) is 0 Å². The fourth-order valence-corrected chi connectivity index (χ4v) is 4.83. The molecular weight excluding hydrogens is 544 g/mol. The molecule has 10 nitrogen and oxygen atoms in total. The van der Waals surface area contributed by atoms with Crippen LogP contribution in [0.2, 0.25) is 0 Å². The Morgan fingerprint density at radius 3 is 1.50 bits per heavy atom. The number of carboxylic acids is 1. The molecule has 3 aromatic carbocycles. The summed E-state index contributed by atoms with van der Waals surface area (Å²) in [6.45, 7) is 5.72. The van der Waals surface area contributed by atoms with Gasteiger partial charge in [0.05, 0.1) is 0 Å². The lowest BCUT2D eigenvalue weighted by atomic mass is 9.99. The van der Waals surface area contributed by atoms with E-state index in [-0.39, 0.29) is 33.9 Å². The lowest BCUT2D eigenvalue weighted by molar-refractivity contribution is 0.0689. The van der Waals surface area contributed by atoms with Crippen molar-refractivity contribution in [3.63, 3.8) is 0 Å². The molecule has 3 aromatic rings. The van der Waals surface area contributed by atoms with Crippen LogP contribution in [-0.2, 0) is 19.3 Å². The number of benzene rings is 3. The van der Waals surface area contributed by atoms with E-state index >= 15 is 0 Å². The Kier molecular flexibility index (Phi) is 10.8. The summed E-state index contributed by atoms with van der Waals surface area (Å²) in [5.74, 6) is -5.02. The number of aromatic hydroxyl groups is 4. The number of unbranched alkanes of at least 4 members (excludes halogenated alkanes) is 2. The van der Waals surface area contributed by atoms with Gasteiger partial charge in [-0.15, -0.1) is 0 Å². The molecule has 42 heavy (non-hydrogen) atoms. The first-order chi connectivity index (χ1) is 20.0. The minimum absolute atomic E-state index is 0.0749. The van der Waals surface area contributed by atoms with Crippen LogP contribution in [0, 0.1) is 0 Å². The highest BCUT2D eigenvalue weighted by molar-refractivity contribution is 5.98. The number of hydrogen-bond donors (Lipinski definition) is 5. The van der Waals surface area contributed by atoms with E-state index in [0.717, 1.165) is 31.0 Å². The van der Waals surface area contributed by atoms with Gasteiger partial charge in [-0.1, -0.05) is 46.5 Å². The van der Waals surface area contributed by atoms with E-state index in [2.05, 4.69) is 0 Å². The molecule has 5 N–H and O–H groups in total. The maximum absolute atomic E-state index is 13.2. The van der Waals surface area contributed by atoms with Crippen LogP contribution in [0.25, 0.3) is 0 Å². The van der Waals surface area contributed by atoms with E-state index in [9.17, 15) is 39.9 Å². The van der Waals surface area contributed by atoms with Crippen molar-refractivity contribution in [3.05, 3.63) is 69.8 Å². The number of aryl methyl sites for hydroxylation is 3. The van der Waals surface area contributed by atoms with E-state index in [1.165, 1.54) is 18.2 Å². The molecular formula is C32H36O10. The number of rotatable bonds is 13. The molecule has 0 radical (unpaired) electrons. The van der Waals surface area contributed by atoms with Crippen LogP contribution in [-0.4, -0.2) is 43.4 Å². The summed E-state index contributed by atoms with van der Waals surface area (Å²) in [6.07, 6.45) is 4.69. The summed E-state index contributed by atoms with van der Waals surface area (Å²) in [5.41, 5.74) is 0.486. The molecule has 0 amide bonds. The summed E-state index contributed by atoms with van der Waals surface area (Å²) < 4.78 is 10.9. The van der Waals surface area contributed by atoms with Crippen LogP contribution in [0.1, 0.15) is 101 Å². The smallest absolute Gasteiger partial charge is 0.347 e. The first-order valence-electron chi connectivity index (χ1n) is 13.9. The molecule has 0 bridgehead atoms. The molecule has 0 aliphatic carbocycles. The second kappa shape index (κ2) is 14.2. The molecule has 0 aliphatic rings. The zero-order valence-corrected chi connectivity index (χ0v) is 23.9. The van der Waals surface area contributed by atoms with Gasteiger partial charge in [0.15, 0.2) is 0 Å². The van der Waals surface area contributed by atoms with Crippen molar-refractivity contribution in [2.45, 2.75) is 72.1 Å². The number of phenols is 4. The van der Waals surface area contributed by atoms with Crippen molar-refractivity contribution < 1.29 is 49.4 Å². The van der Waals surface area contributed by atoms with Crippen LogP contribution in [0.5, 0.6) is 34.5 Å². The molecule has 10 heteroatoms. The molecule has 0 saturated heterocycles. The number of esters is 2.